The Labute approximate surface area is 256 Å². The number of aliphatic hydroxyl groups excluding tert-OH is 2. The van der Waals surface area contributed by atoms with Crippen LogP contribution in [0.1, 0.15) is 129 Å². The molecule has 0 fully saturated rings. The van der Waals surface area contributed by atoms with E-state index in [1.54, 1.807) is 26.0 Å². The first-order chi connectivity index (χ1) is 20.5. The predicted octanol–water partition coefficient (Wildman–Crippen LogP) is 7.00. The second-order valence-corrected chi connectivity index (χ2v) is 11.1. The molecule has 0 saturated heterocycles. The Morgan fingerprint density at radius 2 is 0.738 bits per heavy atom. The van der Waals surface area contributed by atoms with Crippen LogP contribution in [0.4, 0.5) is 0 Å². The highest BCUT2D eigenvalue weighted by molar-refractivity contribution is 5.82. The summed E-state index contributed by atoms with van der Waals surface area (Å²) in [5.41, 5.74) is 0. The lowest BCUT2D eigenvalue weighted by Gasteiger charge is -2.11. The molecule has 0 bridgehead atoms. The molecule has 2 N–H and O–H groups in total. The second-order valence-electron chi connectivity index (χ2n) is 11.1. The molecule has 0 amide bonds. The molecule has 0 heterocycles. The Balaban J connectivity index is 3.21. The Morgan fingerprint density at radius 1 is 0.476 bits per heavy atom. The fraction of sp³-hybridized carbons (Fsp3) is 0.824. The first kappa shape index (κ1) is 40.3. The minimum Gasteiger partial charge on any atom is -0.460 e. The Morgan fingerprint density at radius 3 is 1.00 bits per heavy atom. The summed E-state index contributed by atoms with van der Waals surface area (Å²) in [6.45, 7) is 5.12. The molecule has 246 valence electrons. The average Bonchev–Trinajstić information content (AvgIpc) is 2.97. The maximum atomic E-state index is 11.2. The third-order valence-corrected chi connectivity index (χ3v) is 6.89. The number of aliphatic hydroxyl groups is 2. The smallest absolute Gasteiger partial charge is 0.330 e. The zero-order chi connectivity index (χ0) is 30.9. The third kappa shape index (κ3) is 31.2. The molecule has 2 atom stereocenters. The van der Waals surface area contributed by atoms with E-state index in [1.165, 1.54) is 102 Å². The van der Waals surface area contributed by atoms with Gasteiger partial charge in [0.05, 0.1) is 13.2 Å². The minimum atomic E-state index is -0.767. The number of allylic oxidation sites excluding steroid dienone is 2. The van der Waals surface area contributed by atoms with Crippen molar-refractivity contribution in [3.63, 3.8) is 0 Å². The van der Waals surface area contributed by atoms with Gasteiger partial charge in [-0.1, -0.05) is 115 Å². The monoisotopic (exact) mass is 598 g/mol. The van der Waals surface area contributed by atoms with Gasteiger partial charge in [-0.15, -0.1) is 0 Å². The number of ether oxygens (including phenoxy) is 4. The van der Waals surface area contributed by atoms with Crippen molar-refractivity contribution < 1.29 is 38.7 Å². The molecule has 0 spiro atoms. The zero-order valence-corrected chi connectivity index (χ0v) is 26.8. The molecular formula is C34H62O8. The normalized spacial score (nSPS) is 13.1. The highest BCUT2D eigenvalue weighted by atomic mass is 16.6. The SMILES string of the molecule is CC=CC(=O)OCC(O)COCCCCCCCCCCCCCCCCCCCCOCC(O)COC(=O)C=CC. The lowest BCUT2D eigenvalue weighted by Crippen LogP contribution is -2.23. The van der Waals surface area contributed by atoms with Crippen molar-refractivity contribution in [2.24, 2.45) is 0 Å². The maximum absolute atomic E-state index is 11.2. The van der Waals surface area contributed by atoms with E-state index in [0.29, 0.717) is 13.2 Å². The Bertz CT molecular complexity index is 608. The van der Waals surface area contributed by atoms with E-state index < -0.39 is 24.1 Å². The van der Waals surface area contributed by atoms with Crippen LogP contribution in [0, 0.1) is 0 Å². The molecule has 0 aliphatic carbocycles. The molecule has 0 rings (SSSR count). The van der Waals surface area contributed by atoms with Gasteiger partial charge in [0.15, 0.2) is 0 Å². The van der Waals surface area contributed by atoms with Crippen molar-refractivity contribution >= 4 is 11.9 Å². The molecule has 0 aromatic heterocycles. The fourth-order valence-corrected chi connectivity index (χ4v) is 4.50. The van der Waals surface area contributed by atoms with E-state index in [4.69, 9.17) is 18.9 Å². The van der Waals surface area contributed by atoms with Crippen LogP contribution in [0.3, 0.4) is 0 Å². The summed E-state index contributed by atoms with van der Waals surface area (Å²) in [5.74, 6) is -0.879. The molecule has 0 aliphatic heterocycles. The minimum absolute atomic E-state index is 0.0292. The molecule has 0 aliphatic rings. The summed E-state index contributed by atoms with van der Waals surface area (Å²) in [7, 11) is 0. The van der Waals surface area contributed by atoms with E-state index in [-0.39, 0.29) is 26.4 Å². The zero-order valence-electron chi connectivity index (χ0n) is 26.8. The lowest BCUT2D eigenvalue weighted by molar-refractivity contribution is -0.142. The second kappa shape index (κ2) is 32.2. The summed E-state index contributed by atoms with van der Waals surface area (Å²) in [6.07, 6.45) is 27.2. The topological polar surface area (TPSA) is 112 Å². The standard InChI is InChI=1S/C34H62O8/c1-3-23-33(37)41-29-31(35)27-39-25-21-19-17-15-13-11-9-7-5-6-8-10-12-14-16-18-20-22-26-40-28-32(36)30-42-34(38)24-4-2/h3-4,23-24,31-32,35-36H,5-22,25-30H2,1-2H3. The van der Waals surface area contributed by atoms with Crippen molar-refractivity contribution in [1.82, 2.24) is 0 Å². The number of hydrogen-bond donors (Lipinski definition) is 2. The van der Waals surface area contributed by atoms with Crippen LogP contribution in [-0.4, -0.2) is 74.0 Å². The third-order valence-electron chi connectivity index (χ3n) is 6.89. The summed E-state index contributed by atoms with van der Waals surface area (Å²) >= 11 is 0. The van der Waals surface area contributed by atoms with E-state index in [9.17, 15) is 19.8 Å². The first-order valence-corrected chi connectivity index (χ1v) is 16.6. The van der Waals surface area contributed by atoms with Gasteiger partial charge in [-0.3, -0.25) is 0 Å². The van der Waals surface area contributed by atoms with Gasteiger partial charge < -0.3 is 29.2 Å². The van der Waals surface area contributed by atoms with Crippen molar-refractivity contribution in [3.8, 4) is 0 Å². The van der Waals surface area contributed by atoms with E-state index in [2.05, 4.69) is 0 Å². The van der Waals surface area contributed by atoms with Gasteiger partial charge in [0.1, 0.15) is 25.4 Å². The van der Waals surface area contributed by atoms with Crippen LogP contribution in [0.5, 0.6) is 0 Å². The molecular weight excluding hydrogens is 536 g/mol. The quantitative estimate of drug-likeness (QED) is 0.0498. The summed E-state index contributed by atoms with van der Waals surface area (Å²) < 4.78 is 20.7. The average molecular weight is 599 g/mol. The molecule has 8 nitrogen and oxygen atoms in total. The van der Waals surface area contributed by atoms with Gasteiger partial charge in [-0.25, -0.2) is 9.59 Å². The van der Waals surface area contributed by atoms with Gasteiger partial charge >= 0.3 is 11.9 Å². The Hall–Kier alpha value is -1.74. The van der Waals surface area contributed by atoms with Crippen molar-refractivity contribution in [3.05, 3.63) is 24.3 Å². The summed E-state index contributed by atoms with van der Waals surface area (Å²) in [6, 6.07) is 0. The van der Waals surface area contributed by atoms with Gasteiger partial charge in [-0.05, 0) is 26.7 Å². The number of esters is 2. The van der Waals surface area contributed by atoms with Gasteiger partial charge in [0, 0.05) is 25.4 Å². The first-order valence-electron chi connectivity index (χ1n) is 16.6. The fourth-order valence-electron chi connectivity index (χ4n) is 4.50. The van der Waals surface area contributed by atoms with E-state index >= 15 is 0 Å². The molecule has 8 heteroatoms. The molecule has 0 radical (unpaired) electrons. The van der Waals surface area contributed by atoms with Crippen LogP contribution in [0.25, 0.3) is 0 Å². The summed E-state index contributed by atoms with van der Waals surface area (Å²) in [4.78, 5) is 22.4. The maximum Gasteiger partial charge on any atom is 0.330 e. The van der Waals surface area contributed by atoms with Crippen molar-refractivity contribution in [2.75, 3.05) is 39.6 Å². The van der Waals surface area contributed by atoms with Gasteiger partial charge in [0.2, 0.25) is 0 Å². The lowest BCUT2D eigenvalue weighted by atomic mass is 10.0. The van der Waals surface area contributed by atoms with Crippen LogP contribution < -0.4 is 0 Å². The van der Waals surface area contributed by atoms with Crippen LogP contribution >= 0.6 is 0 Å². The van der Waals surface area contributed by atoms with Crippen LogP contribution in [0.15, 0.2) is 24.3 Å². The van der Waals surface area contributed by atoms with E-state index in [1.807, 2.05) is 0 Å². The Kier molecular flexibility index (Phi) is 30.8. The highest BCUT2D eigenvalue weighted by Crippen LogP contribution is 2.14. The van der Waals surface area contributed by atoms with Crippen LogP contribution in [0.2, 0.25) is 0 Å². The molecule has 0 aromatic carbocycles. The largest absolute Gasteiger partial charge is 0.460 e. The summed E-state index contributed by atoms with van der Waals surface area (Å²) in [5, 5.41) is 19.5. The number of carbonyl (C=O) groups is 2. The van der Waals surface area contributed by atoms with Crippen molar-refractivity contribution in [1.29, 1.82) is 0 Å². The van der Waals surface area contributed by atoms with Crippen molar-refractivity contribution in [2.45, 2.75) is 142 Å². The van der Waals surface area contributed by atoms with Gasteiger partial charge in [0.25, 0.3) is 0 Å². The predicted molar refractivity (Wildman–Crippen MR) is 168 cm³/mol. The number of carbonyl (C=O) groups excluding carboxylic acids is 2. The molecule has 0 saturated carbocycles. The number of rotatable bonds is 31. The van der Waals surface area contributed by atoms with E-state index in [0.717, 1.165) is 25.7 Å². The molecule has 0 aromatic rings. The highest BCUT2D eigenvalue weighted by Gasteiger charge is 2.08. The molecule has 42 heavy (non-hydrogen) atoms. The molecule has 2 unspecified atom stereocenters. The number of unbranched alkanes of at least 4 members (excludes halogenated alkanes) is 17. The number of hydrogen-bond acceptors (Lipinski definition) is 8. The van der Waals surface area contributed by atoms with Crippen LogP contribution in [-0.2, 0) is 28.5 Å². The van der Waals surface area contributed by atoms with Gasteiger partial charge in [-0.2, -0.15) is 0 Å².